The van der Waals surface area contributed by atoms with Gasteiger partial charge < -0.3 is 0 Å². The Bertz CT molecular complexity index is 244. The highest BCUT2D eigenvalue weighted by molar-refractivity contribution is 8.03. The zero-order valence-corrected chi connectivity index (χ0v) is 10.5. The average Bonchev–Trinajstić information content (AvgIpc) is 2.16. The highest BCUT2D eigenvalue weighted by Crippen LogP contribution is 2.47. The fourth-order valence-corrected chi connectivity index (χ4v) is 4.06. The van der Waals surface area contributed by atoms with Crippen LogP contribution in [-0.2, 0) is 0 Å². The van der Waals surface area contributed by atoms with Gasteiger partial charge in [0, 0.05) is 5.25 Å². The van der Waals surface area contributed by atoms with Gasteiger partial charge in [0.15, 0.2) is 0 Å². The minimum absolute atomic E-state index is 0.487. The molecule has 0 fully saturated rings. The van der Waals surface area contributed by atoms with Gasteiger partial charge in [0.25, 0.3) is 0 Å². The van der Waals surface area contributed by atoms with E-state index < -0.39 is 0 Å². The third-order valence-electron chi connectivity index (χ3n) is 3.49. The molecule has 0 aromatic heterocycles. The highest BCUT2D eigenvalue weighted by Gasteiger charge is 2.31. The van der Waals surface area contributed by atoms with Crippen LogP contribution in [0.2, 0.25) is 0 Å². The number of allylic oxidation sites excluding steroid dienone is 2. The van der Waals surface area contributed by atoms with Crippen molar-refractivity contribution in [1.82, 2.24) is 0 Å². The second-order valence-electron chi connectivity index (χ2n) is 5.75. The largest absolute Gasteiger partial charge is 0.127 e. The first-order valence-electron chi connectivity index (χ1n) is 5.95. The predicted molar refractivity (Wildman–Crippen MR) is 65.6 cm³/mol. The Hall–Kier alpha value is 0.0900. The van der Waals surface area contributed by atoms with Crippen LogP contribution in [0.25, 0.3) is 0 Å². The molecule has 0 aromatic rings. The van der Waals surface area contributed by atoms with E-state index in [0.29, 0.717) is 5.41 Å². The smallest absolute Gasteiger partial charge is 0.0143 e. The van der Waals surface area contributed by atoms with Gasteiger partial charge in [0.05, 0.1) is 0 Å². The van der Waals surface area contributed by atoms with Crippen molar-refractivity contribution in [2.24, 2.45) is 5.41 Å². The lowest BCUT2D eigenvalue weighted by Crippen LogP contribution is -2.26. The van der Waals surface area contributed by atoms with Gasteiger partial charge in [-0.15, -0.1) is 11.8 Å². The van der Waals surface area contributed by atoms with E-state index in [0.717, 1.165) is 5.25 Å². The van der Waals surface area contributed by atoms with Gasteiger partial charge in [-0.25, -0.2) is 0 Å². The van der Waals surface area contributed by atoms with Crippen molar-refractivity contribution in [1.29, 1.82) is 0 Å². The molecule has 80 valence electrons. The Kier molecular flexibility index (Phi) is 2.97. The lowest BCUT2D eigenvalue weighted by Gasteiger charge is -2.37. The minimum atomic E-state index is 0.487. The minimum Gasteiger partial charge on any atom is -0.127 e. The predicted octanol–water partition coefficient (Wildman–Crippen LogP) is 4.76. The molecule has 0 bridgehead atoms. The number of hydrogen-bond acceptors (Lipinski definition) is 1. The Morgan fingerprint density at radius 1 is 1.07 bits per heavy atom. The van der Waals surface area contributed by atoms with Crippen LogP contribution in [0, 0.1) is 5.41 Å². The summed E-state index contributed by atoms with van der Waals surface area (Å²) < 4.78 is 0. The lowest BCUT2D eigenvalue weighted by atomic mass is 9.86. The van der Waals surface area contributed by atoms with E-state index in [1.807, 2.05) is 5.57 Å². The second-order valence-corrected chi connectivity index (χ2v) is 7.04. The topological polar surface area (TPSA) is 0 Å². The first-order chi connectivity index (χ1) is 6.57. The van der Waals surface area contributed by atoms with Gasteiger partial charge in [-0.3, -0.25) is 0 Å². The molecule has 0 saturated carbocycles. The number of hydrogen-bond donors (Lipinski definition) is 0. The summed E-state index contributed by atoms with van der Waals surface area (Å²) in [5.41, 5.74) is 2.29. The van der Waals surface area contributed by atoms with Crippen LogP contribution in [-0.4, -0.2) is 5.25 Å². The summed E-state index contributed by atoms with van der Waals surface area (Å²) in [5, 5.41) is 0.861. The summed E-state index contributed by atoms with van der Waals surface area (Å²) in [4.78, 5) is 1.77. The molecule has 1 atom stereocenters. The standard InChI is InChI=1S/C13H22S/c1-13(2,3)12-9-8-10-6-4-5-7-11(10)14-12/h12H,4-9H2,1-3H3. The summed E-state index contributed by atoms with van der Waals surface area (Å²) in [5.74, 6) is 0. The molecular formula is C13H22S. The molecule has 0 amide bonds. The van der Waals surface area contributed by atoms with Crippen LogP contribution >= 0.6 is 11.8 Å². The Labute approximate surface area is 92.5 Å². The van der Waals surface area contributed by atoms with Gasteiger partial charge in [0.1, 0.15) is 0 Å². The lowest BCUT2D eigenvalue weighted by molar-refractivity contribution is 0.375. The van der Waals surface area contributed by atoms with Gasteiger partial charge in [-0.05, 0) is 48.8 Å². The Balaban J connectivity index is 2.08. The van der Waals surface area contributed by atoms with Crippen molar-refractivity contribution in [3.63, 3.8) is 0 Å². The van der Waals surface area contributed by atoms with Gasteiger partial charge in [0.2, 0.25) is 0 Å². The fraction of sp³-hybridized carbons (Fsp3) is 0.846. The van der Waals surface area contributed by atoms with Gasteiger partial charge in [-0.2, -0.15) is 0 Å². The van der Waals surface area contributed by atoms with Crippen LogP contribution in [0.1, 0.15) is 59.3 Å². The van der Waals surface area contributed by atoms with Crippen LogP contribution in [0.15, 0.2) is 10.5 Å². The molecule has 1 heterocycles. The maximum atomic E-state index is 2.39. The van der Waals surface area contributed by atoms with Crippen molar-refractivity contribution >= 4 is 11.8 Å². The zero-order chi connectivity index (χ0) is 10.2. The van der Waals surface area contributed by atoms with E-state index in [2.05, 4.69) is 32.5 Å². The van der Waals surface area contributed by atoms with Gasteiger partial charge >= 0.3 is 0 Å². The molecule has 1 aliphatic carbocycles. The number of thioether (sulfide) groups is 1. The molecule has 0 N–H and O–H groups in total. The molecule has 0 nitrogen and oxygen atoms in total. The van der Waals surface area contributed by atoms with Crippen LogP contribution in [0.3, 0.4) is 0 Å². The first-order valence-corrected chi connectivity index (χ1v) is 6.83. The van der Waals surface area contributed by atoms with E-state index in [-0.39, 0.29) is 0 Å². The van der Waals surface area contributed by atoms with Crippen molar-refractivity contribution in [2.75, 3.05) is 0 Å². The summed E-state index contributed by atoms with van der Waals surface area (Å²) in [6, 6.07) is 0. The van der Waals surface area contributed by atoms with Crippen LogP contribution in [0.4, 0.5) is 0 Å². The molecular weight excluding hydrogens is 188 g/mol. The van der Waals surface area contributed by atoms with Crippen LogP contribution < -0.4 is 0 Å². The monoisotopic (exact) mass is 210 g/mol. The molecule has 2 rings (SSSR count). The van der Waals surface area contributed by atoms with Gasteiger partial charge in [-0.1, -0.05) is 26.3 Å². The fourth-order valence-electron chi connectivity index (χ4n) is 2.49. The van der Waals surface area contributed by atoms with Crippen LogP contribution in [0.5, 0.6) is 0 Å². The summed E-state index contributed by atoms with van der Waals surface area (Å²) >= 11 is 2.20. The van der Waals surface area contributed by atoms with E-state index >= 15 is 0 Å². The molecule has 1 aliphatic heterocycles. The zero-order valence-electron chi connectivity index (χ0n) is 9.73. The molecule has 0 aromatic carbocycles. The molecule has 0 saturated heterocycles. The Morgan fingerprint density at radius 2 is 1.79 bits per heavy atom. The molecule has 1 heteroatoms. The molecule has 14 heavy (non-hydrogen) atoms. The highest BCUT2D eigenvalue weighted by atomic mass is 32.2. The first kappa shape index (κ1) is 10.6. The SMILES string of the molecule is CC(C)(C)C1CCC2=C(CCCC2)S1. The third kappa shape index (κ3) is 2.18. The Morgan fingerprint density at radius 3 is 2.50 bits per heavy atom. The van der Waals surface area contributed by atoms with Crippen molar-refractivity contribution in [2.45, 2.75) is 64.5 Å². The molecule has 0 spiro atoms. The van der Waals surface area contributed by atoms with E-state index in [4.69, 9.17) is 0 Å². The van der Waals surface area contributed by atoms with Crippen molar-refractivity contribution in [3.8, 4) is 0 Å². The van der Waals surface area contributed by atoms with E-state index in [9.17, 15) is 0 Å². The normalized spacial score (nSPS) is 28.9. The second kappa shape index (κ2) is 3.92. The maximum absolute atomic E-state index is 2.39. The molecule has 2 aliphatic rings. The molecule has 1 unspecified atom stereocenters. The summed E-state index contributed by atoms with van der Waals surface area (Å²) in [6.45, 7) is 7.16. The third-order valence-corrected chi connectivity index (χ3v) is 5.49. The number of rotatable bonds is 0. The average molecular weight is 210 g/mol. The summed E-state index contributed by atoms with van der Waals surface area (Å²) in [6.07, 6.45) is 8.46. The van der Waals surface area contributed by atoms with E-state index in [1.165, 1.54) is 38.5 Å². The maximum Gasteiger partial charge on any atom is 0.0143 e. The van der Waals surface area contributed by atoms with Crippen molar-refractivity contribution < 1.29 is 0 Å². The summed E-state index contributed by atoms with van der Waals surface area (Å²) in [7, 11) is 0. The van der Waals surface area contributed by atoms with Crippen molar-refractivity contribution in [3.05, 3.63) is 10.5 Å². The molecule has 0 radical (unpaired) electrons. The van der Waals surface area contributed by atoms with E-state index in [1.54, 1.807) is 4.91 Å². The quantitative estimate of drug-likeness (QED) is 0.555.